The van der Waals surface area contributed by atoms with Crippen LogP contribution in [-0.2, 0) is 20.4 Å². The summed E-state index contributed by atoms with van der Waals surface area (Å²) >= 11 is 0. The molecule has 0 atom stereocenters. The van der Waals surface area contributed by atoms with Gasteiger partial charge >= 0.3 is 5.97 Å². The van der Waals surface area contributed by atoms with Gasteiger partial charge in [0.2, 0.25) is 11.8 Å². The third-order valence-electron chi connectivity index (χ3n) is 11.1. The summed E-state index contributed by atoms with van der Waals surface area (Å²) in [5, 5.41) is 0. The molecule has 0 spiro atoms. The maximum Gasteiger partial charge on any atom is 0.305 e. The van der Waals surface area contributed by atoms with Gasteiger partial charge in [-0.1, -0.05) is 84.9 Å². The lowest BCUT2D eigenvalue weighted by molar-refractivity contribution is -0.143. The standard InChI is InChI=1S/C53H60N2O6/c1-11-25-58-45-31-47-43(29-41(45)52(5,6)7)54-50(60-47)37-21-17-35(18-22-37)39-27-34(4)40(28-33(39)3)36-19-23-38(24-20-36)51-55-44-30-42(53(8,9)10)46(32-48(44)61-51)59-26-15-13-14-16-49(56)57-12-2/h17-24,27-32H,11-16,25-26H2,1-10H3. The van der Waals surface area contributed by atoms with Gasteiger partial charge < -0.3 is 23.0 Å². The zero-order chi connectivity index (χ0) is 43.5. The second kappa shape index (κ2) is 18.0. The molecule has 0 radical (unpaired) electrons. The van der Waals surface area contributed by atoms with Crippen LogP contribution in [0.5, 0.6) is 11.5 Å². The first kappa shape index (κ1) is 43.2. The van der Waals surface area contributed by atoms with Crippen molar-refractivity contribution in [3.63, 3.8) is 0 Å². The van der Waals surface area contributed by atoms with Gasteiger partial charge in [0.05, 0.1) is 19.8 Å². The lowest BCUT2D eigenvalue weighted by atomic mass is 9.86. The van der Waals surface area contributed by atoms with Gasteiger partial charge in [0.25, 0.3) is 0 Å². The summed E-state index contributed by atoms with van der Waals surface area (Å²) in [5.41, 5.74) is 13.9. The number of carbonyl (C=O) groups is 1. The Labute approximate surface area is 360 Å². The number of benzene rings is 5. The molecule has 5 aromatic carbocycles. The number of ether oxygens (including phenoxy) is 3. The number of rotatable bonds is 15. The first-order valence-electron chi connectivity index (χ1n) is 21.8. The molecule has 0 saturated heterocycles. The summed E-state index contributed by atoms with van der Waals surface area (Å²) in [6.07, 6.45) is 3.91. The highest BCUT2D eigenvalue weighted by Crippen LogP contribution is 2.40. The number of oxazole rings is 2. The highest BCUT2D eigenvalue weighted by Gasteiger charge is 2.24. The number of carbonyl (C=O) groups excluding carboxylic acids is 1. The van der Waals surface area contributed by atoms with Crippen LogP contribution < -0.4 is 9.47 Å². The second-order valence-corrected chi connectivity index (χ2v) is 18.1. The molecule has 2 aromatic heterocycles. The van der Waals surface area contributed by atoms with Crippen molar-refractivity contribution in [3.8, 4) is 56.7 Å². The van der Waals surface area contributed by atoms with E-state index in [0.29, 0.717) is 43.6 Å². The van der Waals surface area contributed by atoms with Crippen molar-refractivity contribution in [1.29, 1.82) is 0 Å². The van der Waals surface area contributed by atoms with Crippen molar-refractivity contribution in [2.75, 3.05) is 19.8 Å². The van der Waals surface area contributed by atoms with E-state index in [1.165, 1.54) is 22.3 Å². The van der Waals surface area contributed by atoms with Crippen molar-refractivity contribution >= 4 is 28.2 Å². The van der Waals surface area contributed by atoms with Crippen LogP contribution in [0.1, 0.15) is 110 Å². The molecule has 0 aliphatic carbocycles. The highest BCUT2D eigenvalue weighted by molar-refractivity contribution is 5.83. The molecule has 8 nitrogen and oxygen atoms in total. The summed E-state index contributed by atoms with van der Waals surface area (Å²) in [6.45, 7) is 23.0. The van der Waals surface area contributed by atoms with Gasteiger partial charge in [-0.05, 0) is 127 Å². The summed E-state index contributed by atoms with van der Waals surface area (Å²) in [4.78, 5) is 21.5. The van der Waals surface area contributed by atoms with E-state index >= 15 is 0 Å². The van der Waals surface area contributed by atoms with Crippen LogP contribution in [0.2, 0.25) is 0 Å². The van der Waals surface area contributed by atoms with Crippen LogP contribution in [0.25, 0.3) is 67.4 Å². The fourth-order valence-corrected chi connectivity index (χ4v) is 7.77. The molecule has 0 aliphatic heterocycles. The highest BCUT2D eigenvalue weighted by atomic mass is 16.5. The summed E-state index contributed by atoms with van der Waals surface area (Å²) in [5.74, 6) is 2.69. The Balaban J connectivity index is 1.06. The molecule has 0 N–H and O–H groups in total. The van der Waals surface area contributed by atoms with E-state index in [2.05, 4.69) is 135 Å². The monoisotopic (exact) mass is 820 g/mol. The quantitative estimate of drug-likeness (QED) is 0.0745. The van der Waals surface area contributed by atoms with Crippen molar-refractivity contribution in [1.82, 2.24) is 9.97 Å². The second-order valence-electron chi connectivity index (χ2n) is 18.1. The molecular weight excluding hydrogens is 761 g/mol. The Morgan fingerprint density at radius 3 is 1.44 bits per heavy atom. The summed E-state index contributed by atoms with van der Waals surface area (Å²) < 4.78 is 30.1. The number of aryl methyl sites for hydroxylation is 2. The molecule has 2 heterocycles. The number of hydrogen-bond acceptors (Lipinski definition) is 8. The van der Waals surface area contributed by atoms with E-state index in [1.54, 1.807) is 0 Å². The molecule has 0 unspecified atom stereocenters. The van der Waals surface area contributed by atoms with Crippen LogP contribution in [0.4, 0.5) is 0 Å². The van der Waals surface area contributed by atoms with Gasteiger partial charge in [-0.3, -0.25) is 4.79 Å². The largest absolute Gasteiger partial charge is 0.493 e. The molecular formula is C53H60N2O6. The molecule has 0 aliphatic rings. The minimum atomic E-state index is -0.151. The molecule has 7 aromatic rings. The normalized spacial score (nSPS) is 12.0. The maximum atomic E-state index is 11.7. The lowest BCUT2D eigenvalue weighted by Crippen LogP contribution is -2.14. The van der Waals surface area contributed by atoms with Crippen molar-refractivity contribution in [2.45, 2.75) is 112 Å². The molecule has 0 amide bonds. The molecule has 8 heteroatoms. The third kappa shape index (κ3) is 9.85. The Bertz CT molecular complexity index is 2640. The first-order chi connectivity index (χ1) is 29.1. The average molecular weight is 821 g/mol. The van der Waals surface area contributed by atoms with Gasteiger partial charge in [-0.15, -0.1) is 0 Å². The van der Waals surface area contributed by atoms with Crippen molar-refractivity contribution in [2.24, 2.45) is 0 Å². The summed E-state index contributed by atoms with van der Waals surface area (Å²) in [7, 11) is 0. The molecule has 7 rings (SSSR count). The minimum absolute atomic E-state index is 0.0872. The fourth-order valence-electron chi connectivity index (χ4n) is 7.77. The Kier molecular flexibility index (Phi) is 12.7. The van der Waals surface area contributed by atoms with Crippen LogP contribution in [0.15, 0.2) is 93.8 Å². The molecule has 0 saturated carbocycles. The van der Waals surface area contributed by atoms with E-state index in [0.717, 1.165) is 87.2 Å². The number of hydrogen-bond donors (Lipinski definition) is 0. The zero-order valence-electron chi connectivity index (χ0n) is 37.6. The van der Waals surface area contributed by atoms with Crippen molar-refractivity contribution in [3.05, 3.63) is 107 Å². The summed E-state index contributed by atoms with van der Waals surface area (Å²) in [6, 6.07) is 29.6. The van der Waals surface area contributed by atoms with Gasteiger partial charge in [0.1, 0.15) is 22.5 Å². The van der Waals surface area contributed by atoms with Gasteiger partial charge in [-0.2, -0.15) is 0 Å². The predicted octanol–water partition coefficient (Wildman–Crippen LogP) is 14.1. The molecule has 61 heavy (non-hydrogen) atoms. The maximum absolute atomic E-state index is 11.7. The van der Waals surface area contributed by atoms with E-state index in [1.807, 2.05) is 19.1 Å². The molecule has 318 valence electrons. The Morgan fingerprint density at radius 1 is 0.574 bits per heavy atom. The van der Waals surface area contributed by atoms with Crippen molar-refractivity contribution < 1.29 is 27.8 Å². The zero-order valence-corrected chi connectivity index (χ0v) is 37.6. The number of aromatic nitrogens is 2. The van der Waals surface area contributed by atoms with Crippen LogP contribution in [0.3, 0.4) is 0 Å². The fraction of sp³-hybridized carbons (Fsp3) is 0.377. The Hall–Kier alpha value is -5.89. The third-order valence-corrected chi connectivity index (χ3v) is 11.1. The number of unbranched alkanes of at least 4 members (excludes halogenated alkanes) is 2. The van der Waals surface area contributed by atoms with E-state index < -0.39 is 0 Å². The van der Waals surface area contributed by atoms with Gasteiger partial charge in [0.15, 0.2) is 11.2 Å². The SMILES string of the molecule is CCCOc1cc2oc(-c3ccc(-c4cc(C)c(-c5ccc(-c6nc7cc(C(C)(C)C)c(OCCCCCC(=O)OCC)cc7o6)cc5)cc4C)cc3)nc2cc1C(C)(C)C. The van der Waals surface area contributed by atoms with E-state index in [9.17, 15) is 4.79 Å². The number of fused-ring (bicyclic) bond motifs is 2. The van der Waals surface area contributed by atoms with Crippen LogP contribution >= 0.6 is 0 Å². The number of nitrogens with zero attached hydrogens (tertiary/aromatic N) is 2. The molecule has 0 fully saturated rings. The van der Waals surface area contributed by atoms with Gasteiger partial charge in [-0.25, -0.2) is 9.97 Å². The first-order valence-corrected chi connectivity index (χ1v) is 21.8. The van der Waals surface area contributed by atoms with Crippen LogP contribution in [0, 0.1) is 13.8 Å². The van der Waals surface area contributed by atoms with Gasteiger partial charge in [0, 0.05) is 40.8 Å². The van der Waals surface area contributed by atoms with Crippen LogP contribution in [-0.4, -0.2) is 35.8 Å². The smallest absolute Gasteiger partial charge is 0.305 e. The van der Waals surface area contributed by atoms with E-state index in [4.69, 9.17) is 33.0 Å². The topological polar surface area (TPSA) is 96.8 Å². The van der Waals surface area contributed by atoms with E-state index in [-0.39, 0.29) is 16.8 Å². The number of esters is 1. The minimum Gasteiger partial charge on any atom is -0.493 e. The lowest BCUT2D eigenvalue weighted by Gasteiger charge is -2.22. The predicted molar refractivity (Wildman–Crippen MR) is 247 cm³/mol. The molecule has 0 bridgehead atoms. The Morgan fingerprint density at radius 2 is 1.02 bits per heavy atom. The average Bonchev–Trinajstić information content (AvgIpc) is 3.85.